The zero-order valence-electron chi connectivity index (χ0n) is 10.7. The summed E-state index contributed by atoms with van der Waals surface area (Å²) in [6.07, 6.45) is 0. The summed E-state index contributed by atoms with van der Waals surface area (Å²) < 4.78 is 10.2. The molecular formula is C13H18ClNO3. The van der Waals surface area contributed by atoms with Gasteiger partial charge in [-0.2, -0.15) is 0 Å². The number of hydrogen-bond donors (Lipinski definition) is 1. The lowest BCUT2D eigenvalue weighted by Gasteiger charge is -2.11. The van der Waals surface area contributed by atoms with Crippen LogP contribution in [0.15, 0.2) is 18.2 Å². The van der Waals surface area contributed by atoms with Crippen LogP contribution in [0.5, 0.6) is 5.75 Å². The largest absolute Gasteiger partial charge is 0.482 e. The third-order valence-electron chi connectivity index (χ3n) is 2.24. The highest BCUT2D eigenvalue weighted by Crippen LogP contribution is 2.22. The highest BCUT2D eigenvalue weighted by atomic mass is 35.5. The van der Waals surface area contributed by atoms with Gasteiger partial charge in [-0.3, -0.25) is 0 Å². The maximum Gasteiger partial charge on any atom is 0.344 e. The number of carbonyl (C=O) groups is 1. The number of nitrogens with one attached hydrogen (secondary N) is 1. The first-order valence-corrected chi connectivity index (χ1v) is 6.32. The molecule has 1 aromatic rings. The Morgan fingerprint density at radius 3 is 2.83 bits per heavy atom. The van der Waals surface area contributed by atoms with E-state index in [4.69, 9.17) is 21.1 Å². The van der Waals surface area contributed by atoms with Gasteiger partial charge in [0.1, 0.15) is 5.75 Å². The van der Waals surface area contributed by atoms with Gasteiger partial charge in [0.05, 0.1) is 6.61 Å². The topological polar surface area (TPSA) is 47.6 Å². The van der Waals surface area contributed by atoms with E-state index in [1.807, 2.05) is 13.0 Å². The molecule has 1 N–H and O–H groups in total. The van der Waals surface area contributed by atoms with Crippen molar-refractivity contribution in [2.24, 2.45) is 0 Å². The lowest BCUT2D eigenvalue weighted by Crippen LogP contribution is -2.17. The first-order chi connectivity index (χ1) is 8.67. The molecule has 0 bridgehead atoms. The highest BCUT2D eigenvalue weighted by molar-refractivity contribution is 6.30. The lowest BCUT2D eigenvalue weighted by atomic mass is 10.2. The molecule has 0 unspecified atom stereocenters. The summed E-state index contributed by atoms with van der Waals surface area (Å²) in [7, 11) is 0. The molecule has 0 aliphatic rings. The molecule has 0 spiro atoms. The van der Waals surface area contributed by atoms with Gasteiger partial charge >= 0.3 is 5.97 Å². The minimum atomic E-state index is -0.373. The predicted octanol–water partition coefficient (Wildman–Crippen LogP) is 2.39. The average molecular weight is 272 g/mol. The minimum absolute atomic E-state index is 0.0887. The van der Waals surface area contributed by atoms with Crippen molar-refractivity contribution in [1.29, 1.82) is 0 Å². The molecule has 1 rings (SSSR count). The van der Waals surface area contributed by atoms with Crippen LogP contribution in [-0.2, 0) is 16.1 Å². The SMILES string of the molecule is CCNCc1cc(Cl)ccc1OCC(=O)OCC. The van der Waals surface area contributed by atoms with Crippen molar-refractivity contribution >= 4 is 17.6 Å². The molecule has 0 aromatic heterocycles. The average Bonchev–Trinajstić information content (AvgIpc) is 2.35. The standard InChI is InChI=1S/C13H18ClNO3/c1-3-15-8-10-7-11(14)5-6-12(10)18-9-13(16)17-4-2/h5-7,15H,3-4,8-9H2,1-2H3. The number of halogens is 1. The molecule has 0 heterocycles. The van der Waals surface area contributed by atoms with Gasteiger partial charge < -0.3 is 14.8 Å². The highest BCUT2D eigenvalue weighted by Gasteiger charge is 2.08. The molecule has 18 heavy (non-hydrogen) atoms. The van der Waals surface area contributed by atoms with Crippen molar-refractivity contribution in [3.8, 4) is 5.75 Å². The minimum Gasteiger partial charge on any atom is -0.482 e. The molecule has 0 saturated carbocycles. The van der Waals surface area contributed by atoms with Crippen LogP contribution in [0.1, 0.15) is 19.4 Å². The fourth-order valence-electron chi connectivity index (χ4n) is 1.43. The zero-order chi connectivity index (χ0) is 13.4. The van der Waals surface area contributed by atoms with Crippen molar-refractivity contribution in [3.05, 3.63) is 28.8 Å². The smallest absolute Gasteiger partial charge is 0.344 e. The monoisotopic (exact) mass is 271 g/mol. The molecular weight excluding hydrogens is 254 g/mol. The van der Waals surface area contributed by atoms with Crippen LogP contribution in [0.4, 0.5) is 0 Å². The second kappa shape index (κ2) is 7.95. The van der Waals surface area contributed by atoms with Crippen LogP contribution in [0.2, 0.25) is 5.02 Å². The zero-order valence-corrected chi connectivity index (χ0v) is 11.4. The number of rotatable bonds is 7. The summed E-state index contributed by atoms with van der Waals surface area (Å²) in [5.74, 6) is 0.273. The van der Waals surface area contributed by atoms with Crippen molar-refractivity contribution in [2.75, 3.05) is 19.8 Å². The van der Waals surface area contributed by atoms with E-state index in [2.05, 4.69) is 5.32 Å². The van der Waals surface area contributed by atoms with Crippen molar-refractivity contribution in [3.63, 3.8) is 0 Å². The van der Waals surface area contributed by atoms with Crippen LogP contribution in [0.25, 0.3) is 0 Å². The van der Waals surface area contributed by atoms with Gasteiger partial charge in [0.25, 0.3) is 0 Å². The van der Waals surface area contributed by atoms with Gasteiger partial charge in [-0.05, 0) is 31.7 Å². The molecule has 5 heteroatoms. The Bertz CT molecular complexity index is 396. The number of carbonyl (C=O) groups excluding carboxylic acids is 1. The second-order valence-corrected chi connectivity index (χ2v) is 4.06. The number of benzene rings is 1. The maximum absolute atomic E-state index is 11.2. The molecule has 0 fully saturated rings. The Labute approximate surface area is 112 Å². The summed E-state index contributed by atoms with van der Waals surface area (Å²) in [4.78, 5) is 11.2. The van der Waals surface area contributed by atoms with Crippen molar-refractivity contribution in [1.82, 2.24) is 5.32 Å². The second-order valence-electron chi connectivity index (χ2n) is 3.63. The maximum atomic E-state index is 11.2. The quantitative estimate of drug-likeness (QED) is 0.774. The van der Waals surface area contributed by atoms with Crippen molar-refractivity contribution in [2.45, 2.75) is 20.4 Å². The first-order valence-electron chi connectivity index (χ1n) is 5.95. The molecule has 0 radical (unpaired) electrons. The molecule has 4 nitrogen and oxygen atoms in total. The van der Waals surface area contributed by atoms with Gasteiger partial charge in [-0.1, -0.05) is 18.5 Å². The molecule has 0 saturated heterocycles. The third kappa shape index (κ3) is 4.94. The Kier molecular flexibility index (Phi) is 6.54. The van der Waals surface area contributed by atoms with Crippen LogP contribution in [0, 0.1) is 0 Å². The number of ether oxygens (including phenoxy) is 2. The molecule has 0 aliphatic carbocycles. The Morgan fingerprint density at radius 1 is 1.39 bits per heavy atom. The summed E-state index contributed by atoms with van der Waals surface area (Å²) >= 11 is 5.93. The summed E-state index contributed by atoms with van der Waals surface area (Å²) in [6.45, 7) is 5.54. The fourth-order valence-corrected chi connectivity index (χ4v) is 1.62. The molecule has 0 aliphatic heterocycles. The third-order valence-corrected chi connectivity index (χ3v) is 2.47. The van der Waals surface area contributed by atoms with Gasteiger partial charge in [0.2, 0.25) is 0 Å². The molecule has 1 aromatic carbocycles. The van der Waals surface area contributed by atoms with E-state index >= 15 is 0 Å². The molecule has 0 atom stereocenters. The molecule has 100 valence electrons. The number of esters is 1. The van der Waals surface area contributed by atoms with Crippen LogP contribution >= 0.6 is 11.6 Å². The Hall–Kier alpha value is -1.26. The first kappa shape index (κ1) is 14.8. The lowest BCUT2D eigenvalue weighted by molar-refractivity contribution is -0.145. The van der Waals surface area contributed by atoms with Gasteiger partial charge in [-0.25, -0.2) is 4.79 Å². The summed E-state index contributed by atoms with van der Waals surface area (Å²) in [6, 6.07) is 5.32. The van der Waals surface area contributed by atoms with E-state index in [9.17, 15) is 4.79 Å². The van der Waals surface area contributed by atoms with Gasteiger partial charge in [0, 0.05) is 17.1 Å². The van der Waals surface area contributed by atoms with Gasteiger partial charge in [0.15, 0.2) is 6.61 Å². The van der Waals surface area contributed by atoms with E-state index in [0.29, 0.717) is 23.9 Å². The predicted molar refractivity (Wildman–Crippen MR) is 71.0 cm³/mol. The van der Waals surface area contributed by atoms with Crippen molar-refractivity contribution < 1.29 is 14.3 Å². The van der Waals surface area contributed by atoms with Crippen LogP contribution in [-0.4, -0.2) is 25.7 Å². The van der Waals surface area contributed by atoms with E-state index in [1.165, 1.54) is 0 Å². The van der Waals surface area contributed by atoms with E-state index in [1.54, 1.807) is 19.1 Å². The Balaban J connectivity index is 2.65. The van der Waals surface area contributed by atoms with E-state index in [-0.39, 0.29) is 12.6 Å². The van der Waals surface area contributed by atoms with Crippen LogP contribution in [0.3, 0.4) is 0 Å². The van der Waals surface area contributed by atoms with E-state index < -0.39 is 0 Å². The number of hydrogen-bond acceptors (Lipinski definition) is 4. The fraction of sp³-hybridized carbons (Fsp3) is 0.462. The summed E-state index contributed by atoms with van der Waals surface area (Å²) in [5.41, 5.74) is 0.925. The summed E-state index contributed by atoms with van der Waals surface area (Å²) in [5, 5.41) is 3.83. The Morgan fingerprint density at radius 2 is 2.17 bits per heavy atom. The normalized spacial score (nSPS) is 10.2. The van der Waals surface area contributed by atoms with Crippen LogP contribution < -0.4 is 10.1 Å². The van der Waals surface area contributed by atoms with Gasteiger partial charge in [-0.15, -0.1) is 0 Å². The molecule has 0 amide bonds. The van der Waals surface area contributed by atoms with E-state index in [0.717, 1.165) is 12.1 Å².